The number of aromatic nitrogens is 1. The number of benzene rings is 1. The zero-order chi connectivity index (χ0) is 14.7. The Kier molecular flexibility index (Phi) is 3.60. The number of carboxylic acids is 1. The summed E-state index contributed by atoms with van der Waals surface area (Å²) in [7, 11) is 0. The molecular weight excluding hydrogens is 267 g/mol. The molecule has 0 atom stereocenters. The summed E-state index contributed by atoms with van der Waals surface area (Å²) in [4.78, 5) is 36.0. The van der Waals surface area contributed by atoms with E-state index in [9.17, 15) is 18.8 Å². The van der Waals surface area contributed by atoms with Gasteiger partial charge in [0.2, 0.25) is 5.56 Å². The van der Waals surface area contributed by atoms with Crippen LogP contribution in [0, 0.1) is 5.82 Å². The molecule has 0 aliphatic carbocycles. The number of hydrogen-bond donors (Lipinski definition) is 3. The summed E-state index contributed by atoms with van der Waals surface area (Å²) in [6.07, 6.45) is 1.18. The molecule has 7 heteroatoms. The molecule has 2 aromatic rings. The summed E-state index contributed by atoms with van der Waals surface area (Å²) in [6, 6.07) is 5.96. The van der Waals surface area contributed by atoms with Crippen LogP contribution in [0.5, 0.6) is 0 Å². The third-order valence-corrected chi connectivity index (χ3v) is 2.52. The Hall–Kier alpha value is -2.96. The molecule has 0 spiro atoms. The Morgan fingerprint density at radius 2 is 1.95 bits per heavy atom. The van der Waals surface area contributed by atoms with E-state index in [-0.39, 0.29) is 16.8 Å². The lowest BCUT2D eigenvalue weighted by Crippen LogP contribution is -2.17. The number of aromatic amines is 1. The number of carbonyl (C=O) groups excluding carboxylic acids is 1. The predicted molar refractivity (Wildman–Crippen MR) is 68.4 cm³/mol. The Balaban J connectivity index is 2.33. The molecule has 0 aliphatic heterocycles. The predicted octanol–water partition coefficient (Wildman–Crippen LogP) is 1.46. The van der Waals surface area contributed by atoms with Gasteiger partial charge in [-0.2, -0.15) is 0 Å². The van der Waals surface area contributed by atoms with Crippen LogP contribution in [0.1, 0.15) is 20.7 Å². The molecular formula is C13H9FN2O4. The lowest BCUT2D eigenvalue weighted by molar-refractivity contribution is 0.0693. The molecule has 0 radical (unpaired) electrons. The normalized spacial score (nSPS) is 10.1. The van der Waals surface area contributed by atoms with E-state index in [1.54, 1.807) is 0 Å². The molecule has 6 nitrogen and oxygen atoms in total. The van der Waals surface area contributed by atoms with Crippen molar-refractivity contribution in [1.82, 2.24) is 4.98 Å². The van der Waals surface area contributed by atoms with Gasteiger partial charge in [-0.15, -0.1) is 0 Å². The van der Waals surface area contributed by atoms with E-state index in [2.05, 4.69) is 10.3 Å². The second-order valence-electron chi connectivity index (χ2n) is 3.86. The van der Waals surface area contributed by atoms with Gasteiger partial charge in [-0.1, -0.05) is 6.07 Å². The molecule has 2 rings (SSSR count). The Bertz CT molecular complexity index is 719. The summed E-state index contributed by atoms with van der Waals surface area (Å²) in [6.45, 7) is 0. The number of anilines is 1. The van der Waals surface area contributed by atoms with Crippen LogP contribution in [0.25, 0.3) is 0 Å². The van der Waals surface area contributed by atoms with E-state index in [1.807, 2.05) is 0 Å². The molecule has 1 amide bonds. The van der Waals surface area contributed by atoms with Gasteiger partial charge >= 0.3 is 5.97 Å². The molecule has 0 unspecified atom stereocenters. The SMILES string of the molecule is O=C(Nc1cccc(F)c1C(=O)O)c1ccc(=O)[nH]c1. The van der Waals surface area contributed by atoms with Crippen molar-refractivity contribution in [2.75, 3.05) is 5.32 Å². The molecule has 1 aromatic heterocycles. The highest BCUT2D eigenvalue weighted by Crippen LogP contribution is 2.19. The number of rotatable bonds is 3. The van der Waals surface area contributed by atoms with Crippen LogP contribution < -0.4 is 10.9 Å². The number of carbonyl (C=O) groups is 2. The Morgan fingerprint density at radius 1 is 1.20 bits per heavy atom. The van der Waals surface area contributed by atoms with Crippen LogP contribution in [0.2, 0.25) is 0 Å². The van der Waals surface area contributed by atoms with E-state index in [0.717, 1.165) is 12.1 Å². The van der Waals surface area contributed by atoms with E-state index in [1.165, 1.54) is 24.4 Å². The minimum absolute atomic E-state index is 0.116. The lowest BCUT2D eigenvalue weighted by atomic mass is 10.1. The lowest BCUT2D eigenvalue weighted by Gasteiger charge is -2.08. The molecule has 3 N–H and O–H groups in total. The second-order valence-corrected chi connectivity index (χ2v) is 3.86. The first kappa shape index (κ1) is 13.5. The van der Waals surface area contributed by atoms with Gasteiger partial charge < -0.3 is 15.4 Å². The average Bonchev–Trinajstić information content (AvgIpc) is 2.39. The summed E-state index contributed by atoms with van der Waals surface area (Å²) in [5.41, 5.74) is -1.04. The first-order valence-electron chi connectivity index (χ1n) is 5.51. The van der Waals surface area contributed by atoms with Crippen molar-refractivity contribution in [3.63, 3.8) is 0 Å². The van der Waals surface area contributed by atoms with Gasteiger partial charge in [0.05, 0.1) is 11.3 Å². The molecule has 1 heterocycles. The van der Waals surface area contributed by atoms with Gasteiger partial charge in [-0.25, -0.2) is 9.18 Å². The molecule has 102 valence electrons. The first-order chi connectivity index (χ1) is 9.49. The van der Waals surface area contributed by atoms with E-state index in [0.29, 0.717) is 0 Å². The van der Waals surface area contributed by atoms with Crippen LogP contribution >= 0.6 is 0 Å². The van der Waals surface area contributed by atoms with Crippen LogP contribution in [0.4, 0.5) is 10.1 Å². The number of pyridine rings is 1. The van der Waals surface area contributed by atoms with Crippen LogP contribution in [0.15, 0.2) is 41.3 Å². The summed E-state index contributed by atoms with van der Waals surface area (Å²) >= 11 is 0. The van der Waals surface area contributed by atoms with E-state index >= 15 is 0 Å². The fourth-order valence-corrected chi connectivity index (χ4v) is 1.59. The zero-order valence-corrected chi connectivity index (χ0v) is 10.0. The maximum atomic E-state index is 13.4. The molecule has 1 aromatic carbocycles. The fraction of sp³-hybridized carbons (Fsp3) is 0. The molecule has 20 heavy (non-hydrogen) atoms. The molecule has 0 saturated carbocycles. The van der Waals surface area contributed by atoms with Crippen molar-refractivity contribution < 1.29 is 19.1 Å². The summed E-state index contributed by atoms with van der Waals surface area (Å²) in [5, 5.41) is 11.2. The Morgan fingerprint density at radius 3 is 2.55 bits per heavy atom. The standard InChI is InChI=1S/C13H9FN2O4/c14-8-2-1-3-9(11(8)13(19)20)16-12(18)7-4-5-10(17)15-6-7/h1-6H,(H,15,17)(H,16,18)(H,19,20). The highest BCUT2D eigenvalue weighted by Gasteiger charge is 2.17. The number of amides is 1. The first-order valence-corrected chi connectivity index (χ1v) is 5.51. The van der Waals surface area contributed by atoms with Gasteiger partial charge in [0, 0.05) is 12.3 Å². The maximum Gasteiger partial charge on any atom is 0.340 e. The average molecular weight is 276 g/mol. The zero-order valence-electron chi connectivity index (χ0n) is 10.0. The summed E-state index contributed by atoms with van der Waals surface area (Å²) < 4.78 is 13.4. The number of H-pyrrole nitrogens is 1. The monoisotopic (exact) mass is 276 g/mol. The number of carboxylic acid groups (broad SMARTS) is 1. The van der Waals surface area contributed by atoms with Crippen molar-refractivity contribution in [3.05, 3.63) is 63.8 Å². The van der Waals surface area contributed by atoms with E-state index < -0.39 is 23.3 Å². The van der Waals surface area contributed by atoms with Crippen molar-refractivity contribution in [3.8, 4) is 0 Å². The van der Waals surface area contributed by atoms with Gasteiger partial charge in [0.15, 0.2) is 0 Å². The van der Waals surface area contributed by atoms with Gasteiger partial charge in [-0.05, 0) is 18.2 Å². The van der Waals surface area contributed by atoms with Crippen molar-refractivity contribution in [2.24, 2.45) is 0 Å². The third kappa shape index (κ3) is 2.72. The van der Waals surface area contributed by atoms with Crippen LogP contribution in [0.3, 0.4) is 0 Å². The summed E-state index contributed by atoms with van der Waals surface area (Å²) in [5.74, 6) is -3.09. The number of aromatic carboxylic acids is 1. The largest absolute Gasteiger partial charge is 0.478 e. The van der Waals surface area contributed by atoms with Gasteiger partial charge in [0.1, 0.15) is 11.4 Å². The van der Waals surface area contributed by atoms with Gasteiger partial charge in [-0.3, -0.25) is 9.59 Å². The van der Waals surface area contributed by atoms with Crippen LogP contribution in [-0.2, 0) is 0 Å². The topological polar surface area (TPSA) is 99.3 Å². The molecule has 0 fully saturated rings. The molecule has 0 saturated heterocycles. The quantitative estimate of drug-likeness (QED) is 0.790. The van der Waals surface area contributed by atoms with Gasteiger partial charge in [0.25, 0.3) is 5.91 Å². The van der Waals surface area contributed by atoms with Crippen molar-refractivity contribution >= 4 is 17.6 Å². The van der Waals surface area contributed by atoms with E-state index in [4.69, 9.17) is 5.11 Å². The number of halogens is 1. The Labute approximate surface area is 111 Å². The van der Waals surface area contributed by atoms with Crippen molar-refractivity contribution in [1.29, 1.82) is 0 Å². The maximum absolute atomic E-state index is 13.4. The smallest absolute Gasteiger partial charge is 0.340 e. The molecule has 0 aliphatic rings. The molecule has 0 bridgehead atoms. The van der Waals surface area contributed by atoms with Crippen LogP contribution in [-0.4, -0.2) is 22.0 Å². The van der Waals surface area contributed by atoms with Crippen molar-refractivity contribution in [2.45, 2.75) is 0 Å². The fourth-order valence-electron chi connectivity index (χ4n) is 1.59. The number of hydrogen-bond acceptors (Lipinski definition) is 3. The minimum atomic E-state index is -1.49. The third-order valence-electron chi connectivity index (χ3n) is 2.52. The highest BCUT2D eigenvalue weighted by atomic mass is 19.1. The number of nitrogens with one attached hydrogen (secondary N) is 2. The highest BCUT2D eigenvalue weighted by molar-refractivity contribution is 6.07. The second kappa shape index (κ2) is 5.35. The minimum Gasteiger partial charge on any atom is -0.478 e.